The van der Waals surface area contributed by atoms with Gasteiger partial charge in [0, 0.05) is 12.1 Å². The zero-order valence-corrected chi connectivity index (χ0v) is 8.81. The molecule has 0 aromatic rings. The average molecular weight is 239 g/mol. The molecule has 0 radical (unpaired) electrons. The molecule has 7 heteroatoms. The van der Waals surface area contributed by atoms with Crippen molar-refractivity contribution in [1.29, 1.82) is 0 Å². The van der Waals surface area contributed by atoms with Crippen LogP contribution in [0.3, 0.4) is 0 Å². The third-order valence-corrected chi connectivity index (χ3v) is 2.59. The highest BCUT2D eigenvalue weighted by Gasteiger charge is 2.29. The molecule has 2 amide bonds. The Labute approximate surface area is 91.8 Å². The third-order valence-electron chi connectivity index (χ3n) is 2.59. The van der Waals surface area contributed by atoms with Crippen molar-refractivity contribution in [2.75, 3.05) is 6.54 Å². The van der Waals surface area contributed by atoms with Crippen molar-refractivity contribution in [2.45, 2.75) is 43.9 Å². The molecule has 16 heavy (non-hydrogen) atoms. The summed E-state index contributed by atoms with van der Waals surface area (Å²) in [5.41, 5.74) is 5.74. The van der Waals surface area contributed by atoms with Gasteiger partial charge in [-0.3, -0.25) is 0 Å². The number of rotatable bonds is 2. The molecule has 4 N–H and O–H groups in total. The predicted molar refractivity (Wildman–Crippen MR) is 52.8 cm³/mol. The van der Waals surface area contributed by atoms with E-state index >= 15 is 0 Å². The second-order valence-electron chi connectivity index (χ2n) is 4.00. The largest absolute Gasteiger partial charge is 0.405 e. The molecule has 0 spiro atoms. The molecule has 94 valence electrons. The fourth-order valence-electron chi connectivity index (χ4n) is 1.74. The van der Waals surface area contributed by atoms with Crippen LogP contribution in [0.2, 0.25) is 0 Å². The quantitative estimate of drug-likeness (QED) is 0.676. The van der Waals surface area contributed by atoms with Gasteiger partial charge in [-0.25, -0.2) is 4.79 Å². The molecule has 4 nitrogen and oxygen atoms in total. The summed E-state index contributed by atoms with van der Waals surface area (Å²) in [5.74, 6) is 0. The first-order valence-electron chi connectivity index (χ1n) is 5.25. The highest BCUT2D eigenvalue weighted by atomic mass is 19.4. The first kappa shape index (κ1) is 13.1. The monoisotopic (exact) mass is 239 g/mol. The van der Waals surface area contributed by atoms with Gasteiger partial charge in [0.25, 0.3) is 0 Å². The predicted octanol–water partition coefficient (Wildman–Crippen LogP) is 1.12. The van der Waals surface area contributed by atoms with E-state index in [4.69, 9.17) is 5.73 Å². The van der Waals surface area contributed by atoms with Crippen molar-refractivity contribution < 1.29 is 18.0 Å². The van der Waals surface area contributed by atoms with Gasteiger partial charge in [0.2, 0.25) is 0 Å². The lowest BCUT2D eigenvalue weighted by Crippen LogP contribution is -2.53. The summed E-state index contributed by atoms with van der Waals surface area (Å²) in [7, 11) is 0. The number of nitrogens with one attached hydrogen (secondary N) is 2. The number of hydrogen-bond acceptors (Lipinski definition) is 2. The Kier molecular flexibility index (Phi) is 4.40. The number of alkyl halides is 3. The SMILES string of the molecule is N[C@@H]1CCCC[C@H]1NC(=O)NCC(F)(F)F. The summed E-state index contributed by atoms with van der Waals surface area (Å²) in [4.78, 5) is 11.1. The fourth-order valence-corrected chi connectivity index (χ4v) is 1.74. The van der Waals surface area contributed by atoms with Crippen LogP contribution in [0.5, 0.6) is 0 Å². The maximum Gasteiger partial charge on any atom is 0.405 e. The van der Waals surface area contributed by atoms with E-state index in [1.54, 1.807) is 5.32 Å². The molecule has 0 aromatic carbocycles. The van der Waals surface area contributed by atoms with E-state index in [0.29, 0.717) is 0 Å². The Morgan fingerprint density at radius 2 is 1.94 bits per heavy atom. The highest BCUT2D eigenvalue weighted by Crippen LogP contribution is 2.17. The van der Waals surface area contributed by atoms with E-state index in [-0.39, 0.29) is 12.1 Å². The topological polar surface area (TPSA) is 67.1 Å². The molecule has 0 heterocycles. The summed E-state index contributed by atoms with van der Waals surface area (Å²) in [5, 5.41) is 4.23. The first-order chi connectivity index (χ1) is 7.38. The Morgan fingerprint density at radius 3 is 2.50 bits per heavy atom. The maximum atomic E-state index is 11.8. The lowest BCUT2D eigenvalue weighted by Gasteiger charge is -2.29. The van der Waals surface area contributed by atoms with Crippen molar-refractivity contribution >= 4 is 6.03 Å². The summed E-state index contributed by atoms with van der Waals surface area (Å²) in [6, 6.07) is -1.19. The van der Waals surface area contributed by atoms with E-state index in [2.05, 4.69) is 5.32 Å². The van der Waals surface area contributed by atoms with Crippen molar-refractivity contribution in [2.24, 2.45) is 5.73 Å². The molecular weight excluding hydrogens is 223 g/mol. The van der Waals surface area contributed by atoms with Crippen molar-refractivity contribution in [1.82, 2.24) is 10.6 Å². The summed E-state index contributed by atoms with van der Waals surface area (Å²) in [6.07, 6.45) is -0.918. The van der Waals surface area contributed by atoms with Gasteiger partial charge >= 0.3 is 12.2 Å². The molecule has 1 rings (SSSR count). The summed E-state index contributed by atoms with van der Waals surface area (Å²) >= 11 is 0. The Morgan fingerprint density at radius 1 is 1.31 bits per heavy atom. The number of carbonyl (C=O) groups excluding carboxylic acids is 1. The van der Waals surface area contributed by atoms with Crippen LogP contribution < -0.4 is 16.4 Å². The van der Waals surface area contributed by atoms with Crippen LogP contribution in [0.25, 0.3) is 0 Å². The number of amides is 2. The van der Waals surface area contributed by atoms with Crippen LogP contribution in [-0.2, 0) is 0 Å². The Bertz CT molecular complexity index is 245. The Balaban J connectivity index is 2.28. The molecular formula is C9H16F3N3O. The average Bonchev–Trinajstić information content (AvgIpc) is 2.18. The molecule has 0 bridgehead atoms. The molecule has 0 aromatic heterocycles. The number of carbonyl (C=O) groups is 1. The zero-order chi connectivity index (χ0) is 12.2. The minimum Gasteiger partial charge on any atom is -0.334 e. The maximum absolute atomic E-state index is 11.8. The van der Waals surface area contributed by atoms with Gasteiger partial charge in [-0.2, -0.15) is 13.2 Å². The lowest BCUT2D eigenvalue weighted by atomic mass is 9.91. The van der Waals surface area contributed by atoms with Crippen LogP contribution in [-0.4, -0.2) is 30.8 Å². The van der Waals surface area contributed by atoms with Gasteiger partial charge in [-0.05, 0) is 12.8 Å². The summed E-state index contributed by atoms with van der Waals surface area (Å²) < 4.78 is 35.4. The van der Waals surface area contributed by atoms with Gasteiger partial charge in [-0.1, -0.05) is 12.8 Å². The van der Waals surface area contributed by atoms with E-state index < -0.39 is 18.8 Å². The number of hydrogen-bond donors (Lipinski definition) is 3. The van der Waals surface area contributed by atoms with E-state index in [9.17, 15) is 18.0 Å². The van der Waals surface area contributed by atoms with E-state index in [1.807, 2.05) is 0 Å². The number of nitrogens with two attached hydrogens (primary N) is 1. The van der Waals surface area contributed by atoms with Crippen molar-refractivity contribution in [3.05, 3.63) is 0 Å². The van der Waals surface area contributed by atoms with Crippen LogP contribution in [0.1, 0.15) is 25.7 Å². The van der Waals surface area contributed by atoms with Crippen LogP contribution in [0, 0.1) is 0 Å². The minimum atomic E-state index is -4.38. The third kappa shape index (κ3) is 4.69. The van der Waals surface area contributed by atoms with Crippen LogP contribution in [0.15, 0.2) is 0 Å². The second-order valence-corrected chi connectivity index (χ2v) is 4.00. The van der Waals surface area contributed by atoms with Gasteiger partial charge in [-0.15, -0.1) is 0 Å². The fraction of sp³-hybridized carbons (Fsp3) is 0.889. The van der Waals surface area contributed by atoms with Gasteiger partial charge in [0.05, 0.1) is 0 Å². The molecule has 1 saturated carbocycles. The standard InChI is InChI=1S/C9H16F3N3O/c10-9(11,12)5-14-8(16)15-7-4-2-1-3-6(7)13/h6-7H,1-5,13H2,(H2,14,15,16)/t6-,7-/m1/s1. The van der Waals surface area contributed by atoms with E-state index in [0.717, 1.165) is 25.7 Å². The number of halogens is 3. The normalized spacial score (nSPS) is 26.2. The minimum absolute atomic E-state index is 0.162. The lowest BCUT2D eigenvalue weighted by molar-refractivity contribution is -0.122. The van der Waals surface area contributed by atoms with Gasteiger partial charge < -0.3 is 16.4 Å². The zero-order valence-electron chi connectivity index (χ0n) is 8.81. The van der Waals surface area contributed by atoms with Gasteiger partial charge in [0.15, 0.2) is 0 Å². The van der Waals surface area contributed by atoms with Crippen molar-refractivity contribution in [3.63, 3.8) is 0 Å². The van der Waals surface area contributed by atoms with Crippen LogP contribution in [0.4, 0.5) is 18.0 Å². The molecule has 0 saturated heterocycles. The highest BCUT2D eigenvalue weighted by molar-refractivity contribution is 5.74. The van der Waals surface area contributed by atoms with Gasteiger partial charge in [0.1, 0.15) is 6.54 Å². The summed E-state index contributed by atoms with van der Waals surface area (Å²) in [6.45, 7) is -1.32. The number of urea groups is 1. The van der Waals surface area contributed by atoms with Crippen LogP contribution >= 0.6 is 0 Å². The molecule has 0 unspecified atom stereocenters. The molecule has 0 aliphatic heterocycles. The Hall–Kier alpha value is -0.980. The second kappa shape index (κ2) is 5.38. The molecule has 1 aliphatic carbocycles. The molecule has 2 atom stereocenters. The molecule has 1 aliphatic rings. The van der Waals surface area contributed by atoms with E-state index in [1.165, 1.54) is 0 Å². The first-order valence-corrected chi connectivity index (χ1v) is 5.25. The van der Waals surface area contributed by atoms with Crippen molar-refractivity contribution in [3.8, 4) is 0 Å². The molecule has 1 fully saturated rings. The smallest absolute Gasteiger partial charge is 0.334 e.